The number of hydrogen-bond donors (Lipinski definition) is 2. The van der Waals surface area contributed by atoms with E-state index >= 15 is 0 Å². The lowest BCUT2D eigenvalue weighted by atomic mass is 9.60. The third kappa shape index (κ3) is 5.55. The Balaban J connectivity index is 1.52. The molecule has 2 N–H and O–H groups in total. The average molecular weight is 497 g/mol. The predicted octanol–water partition coefficient (Wildman–Crippen LogP) is 4.07. The van der Waals surface area contributed by atoms with E-state index in [0.29, 0.717) is 18.4 Å². The number of hydrogen-bond acceptors (Lipinski definition) is 3. The van der Waals surface area contributed by atoms with Crippen LogP contribution in [0, 0.1) is 11.8 Å². The number of likely N-dealkylation sites (N-methyl/N-ethyl adjacent to an activating group) is 1. The third-order valence-corrected chi connectivity index (χ3v) is 9.24. The van der Waals surface area contributed by atoms with Crippen molar-refractivity contribution in [3.8, 4) is 0 Å². The Labute approximate surface area is 216 Å². The summed E-state index contributed by atoms with van der Waals surface area (Å²) in [5.41, 5.74) is 1.37. The number of nitrogens with zero attached hydrogens (tertiary/aromatic N) is 2. The van der Waals surface area contributed by atoms with Crippen LogP contribution < -0.4 is 10.6 Å². The van der Waals surface area contributed by atoms with E-state index < -0.39 is 0 Å². The smallest absolute Gasteiger partial charge is 0.321 e. The topological polar surface area (TPSA) is 81.8 Å². The highest BCUT2D eigenvalue weighted by atomic mass is 16.2. The van der Waals surface area contributed by atoms with E-state index in [0.717, 1.165) is 32.2 Å². The zero-order chi connectivity index (χ0) is 25.8. The van der Waals surface area contributed by atoms with Crippen molar-refractivity contribution >= 4 is 17.8 Å². The van der Waals surface area contributed by atoms with Gasteiger partial charge in [-0.2, -0.15) is 0 Å². The molecule has 0 radical (unpaired) electrons. The minimum atomic E-state index is -0.279. The Kier molecular flexibility index (Phi) is 8.26. The van der Waals surface area contributed by atoms with Gasteiger partial charge in [0.15, 0.2) is 0 Å². The van der Waals surface area contributed by atoms with Gasteiger partial charge in [0, 0.05) is 20.1 Å². The molecule has 3 fully saturated rings. The molecule has 198 valence electrons. The maximum absolute atomic E-state index is 13.6. The van der Waals surface area contributed by atoms with E-state index in [1.807, 2.05) is 0 Å². The summed E-state index contributed by atoms with van der Waals surface area (Å²) in [5.74, 6) is 0.702. The number of urea groups is 1. The summed E-state index contributed by atoms with van der Waals surface area (Å²) in [5, 5.41) is 5.16. The summed E-state index contributed by atoms with van der Waals surface area (Å²) in [6, 6.07) is 11.0. The van der Waals surface area contributed by atoms with Gasteiger partial charge in [-0.25, -0.2) is 4.79 Å². The van der Waals surface area contributed by atoms with Crippen LogP contribution in [0.2, 0.25) is 0 Å². The number of nitrogens with one attached hydrogen (secondary N) is 2. The summed E-state index contributed by atoms with van der Waals surface area (Å²) < 4.78 is 0. The van der Waals surface area contributed by atoms with Crippen LogP contribution in [0.1, 0.15) is 77.2 Å². The predicted molar refractivity (Wildman–Crippen MR) is 141 cm³/mol. The second kappa shape index (κ2) is 11.2. The molecule has 36 heavy (non-hydrogen) atoms. The second-order valence-electron chi connectivity index (χ2n) is 11.6. The Morgan fingerprint density at radius 3 is 2.36 bits per heavy atom. The maximum atomic E-state index is 13.6. The average Bonchev–Trinajstić information content (AvgIpc) is 3.11. The van der Waals surface area contributed by atoms with Crippen molar-refractivity contribution in [2.24, 2.45) is 11.8 Å². The van der Waals surface area contributed by atoms with Crippen molar-refractivity contribution in [1.29, 1.82) is 0 Å². The zero-order valence-corrected chi connectivity index (χ0v) is 22.4. The molecule has 1 atom stereocenters. The molecule has 1 aliphatic heterocycles. The summed E-state index contributed by atoms with van der Waals surface area (Å²) in [7, 11) is 1.54. The fourth-order valence-electron chi connectivity index (χ4n) is 6.54. The van der Waals surface area contributed by atoms with Gasteiger partial charge in [-0.15, -0.1) is 0 Å². The van der Waals surface area contributed by atoms with Crippen molar-refractivity contribution in [3.63, 3.8) is 0 Å². The molecule has 1 aromatic rings. The Bertz CT molecular complexity index is 922. The Hall–Kier alpha value is -2.57. The molecule has 0 bridgehead atoms. The number of carbonyl (C=O) groups excluding carboxylic acids is 3. The summed E-state index contributed by atoms with van der Waals surface area (Å²) in [6.07, 6.45) is 10.0. The van der Waals surface area contributed by atoms with Crippen molar-refractivity contribution in [2.75, 3.05) is 33.2 Å². The highest BCUT2D eigenvalue weighted by Gasteiger charge is 2.54. The molecule has 1 spiro atoms. The second-order valence-corrected chi connectivity index (χ2v) is 11.6. The molecule has 4 rings (SSSR count). The lowest BCUT2D eigenvalue weighted by Gasteiger charge is -2.50. The van der Waals surface area contributed by atoms with Crippen molar-refractivity contribution < 1.29 is 14.4 Å². The van der Waals surface area contributed by atoms with E-state index in [9.17, 15) is 14.4 Å². The summed E-state index contributed by atoms with van der Waals surface area (Å²) in [4.78, 5) is 41.6. The normalized spacial score (nSPS) is 27.1. The minimum absolute atomic E-state index is 0.00821. The van der Waals surface area contributed by atoms with E-state index in [2.05, 4.69) is 59.7 Å². The largest absolute Gasteiger partial charge is 0.358 e. The molecule has 1 heterocycles. The molecule has 1 saturated heterocycles. The molecular weight excluding hydrogens is 452 g/mol. The Morgan fingerprint density at radius 1 is 1.08 bits per heavy atom. The first kappa shape index (κ1) is 26.5. The molecule has 2 saturated carbocycles. The van der Waals surface area contributed by atoms with Crippen LogP contribution in [0.5, 0.6) is 0 Å². The first-order valence-corrected chi connectivity index (χ1v) is 13.9. The van der Waals surface area contributed by atoms with Crippen LogP contribution in [-0.2, 0) is 15.0 Å². The van der Waals surface area contributed by atoms with Crippen LogP contribution in [-0.4, -0.2) is 66.4 Å². The molecule has 3 aliphatic rings. The van der Waals surface area contributed by atoms with Gasteiger partial charge in [0.25, 0.3) is 0 Å². The molecule has 7 nitrogen and oxygen atoms in total. The van der Waals surface area contributed by atoms with E-state index in [1.165, 1.54) is 37.7 Å². The standard InChI is InChI=1S/C29H44N4O3/c1-4-22(2)17-28(24-11-6-5-7-12-24)13-15-29(16-14-28)21-32(20-26(35)31-18-25(34)30-3)27(36)33(29)19-23-9-8-10-23/h5-7,11-12,22-23H,4,8-10,13-21H2,1-3H3,(H,30,34)(H,31,35)/t22?,28-,29-. The number of amides is 4. The lowest BCUT2D eigenvalue weighted by Crippen LogP contribution is -2.54. The van der Waals surface area contributed by atoms with Gasteiger partial charge in [-0.05, 0) is 67.8 Å². The van der Waals surface area contributed by atoms with Crippen LogP contribution in [0.4, 0.5) is 4.79 Å². The minimum Gasteiger partial charge on any atom is -0.358 e. The zero-order valence-electron chi connectivity index (χ0n) is 22.4. The molecule has 1 aromatic carbocycles. The van der Waals surface area contributed by atoms with Gasteiger partial charge >= 0.3 is 6.03 Å². The van der Waals surface area contributed by atoms with Crippen molar-refractivity contribution in [1.82, 2.24) is 20.4 Å². The molecule has 0 aromatic heterocycles. The molecule has 1 unspecified atom stereocenters. The third-order valence-electron chi connectivity index (χ3n) is 9.24. The van der Waals surface area contributed by atoms with Crippen LogP contribution in [0.25, 0.3) is 0 Å². The summed E-state index contributed by atoms with van der Waals surface area (Å²) >= 11 is 0. The Morgan fingerprint density at radius 2 is 1.78 bits per heavy atom. The van der Waals surface area contributed by atoms with E-state index in [-0.39, 0.29) is 41.9 Å². The molecule has 2 aliphatic carbocycles. The number of rotatable bonds is 10. The SMILES string of the molecule is CCC(C)C[C@]1(c2ccccc2)CC[C@]2(CC1)CN(CC(=O)NCC(=O)NC)C(=O)N2CC1CCC1. The van der Waals surface area contributed by atoms with Gasteiger partial charge in [-0.3, -0.25) is 9.59 Å². The van der Waals surface area contributed by atoms with Gasteiger partial charge in [0.05, 0.1) is 12.1 Å². The first-order valence-electron chi connectivity index (χ1n) is 13.9. The fourth-order valence-corrected chi connectivity index (χ4v) is 6.54. The monoisotopic (exact) mass is 496 g/mol. The van der Waals surface area contributed by atoms with Gasteiger partial charge in [0.2, 0.25) is 11.8 Å². The van der Waals surface area contributed by atoms with E-state index in [4.69, 9.17) is 0 Å². The first-order chi connectivity index (χ1) is 17.3. The highest BCUT2D eigenvalue weighted by Crippen LogP contribution is 2.51. The summed E-state index contributed by atoms with van der Waals surface area (Å²) in [6.45, 7) is 5.98. The van der Waals surface area contributed by atoms with Gasteiger partial charge < -0.3 is 20.4 Å². The van der Waals surface area contributed by atoms with Crippen LogP contribution >= 0.6 is 0 Å². The molecule has 4 amide bonds. The number of benzene rings is 1. The van der Waals surface area contributed by atoms with Crippen LogP contribution in [0.3, 0.4) is 0 Å². The maximum Gasteiger partial charge on any atom is 0.321 e. The fraction of sp³-hybridized carbons (Fsp3) is 0.690. The highest BCUT2D eigenvalue weighted by molar-refractivity contribution is 5.88. The lowest BCUT2D eigenvalue weighted by molar-refractivity contribution is -0.126. The van der Waals surface area contributed by atoms with Crippen molar-refractivity contribution in [2.45, 2.75) is 82.6 Å². The molecule has 7 heteroatoms. The van der Waals surface area contributed by atoms with Crippen molar-refractivity contribution in [3.05, 3.63) is 35.9 Å². The van der Waals surface area contributed by atoms with Gasteiger partial charge in [0.1, 0.15) is 6.54 Å². The van der Waals surface area contributed by atoms with Crippen LogP contribution in [0.15, 0.2) is 30.3 Å². The van der Waals surface area contributed by atoms with E-state index in [1.54, 1.807) is 11.9 Å². The molecular formula is C29H44N4O3. The number of carbonyl (C=O) groups is 3. The van der Waals surface area contributed by atoms with Gasteiger partial charge in [-0.1, -0.05) is 57.0 Å². The quantitative estimate of drug-likeness (QED) is 0.512.